The van der Waals surface area contributed by atoms with E-state index in [-0.39, 0.29) is 17.4 Å². The van der Waals surface area contributed by atoms with Crippen LogP contribution < -0.4 is 5.73 Å². The lowest BCUT2D eigenvalue weighted by Crippen LogP contribution is -2.49. The van der Waals surface area contributed by atoms with Crippen LogP contribution in [0.25, 0.3) is 0 Å². The molecule has 2 rings (SSSR count). The van der Waals surface area contributed by atoms with Gasteiger partial charge in [-0.25, -0.2) is 0 Å². The van der Waals surface area contributed by atoms with Crippen LogP contribution in [-0.4, -0.2) is 41.7 Å². The van der Waals surface area contributed by atoms with Gasteiger partial charge in [0.2, 0.25) is 5.91 Å². The van der Waals surface area contributed by atoms with Gasteiger partial charge in [0.05, 0.1) is 6.10 Å². The van der Waals surface area contributed by atoms with E-state index >= 15 is 0 Å². The third kappa shape index (κ3) is 2.63. The van der Waals surface area contributed by atoms with E-state index in [1.807, 2.05) is 11.8 Å². The number of nitrogens with two attached hydrogens (primary N) is 1. The average molecular weight is 240 g/mol. The zero-order chi connectivity index (χ0) is 12.5. The molecule has 1 saturated heterocycles. The van der Waals surface area contributed by atoms with Gasteiger partial charge in [-0.2, -0.15) is 0 Å². The first-order valence-corrected chi connectivity index (χ1v) is 6.72. The van der Waals surface area contributed by atoms with Crippen LogP contribution in [0.3, 0.4) is 0 Å². The third-order valence-corrected chi connectivity index (χ3v) is 4.64. The Morgan fingerprint density at radius 3 is 2.71 bits per heavy atom. The lowest BCUT2D eigenvalue weighted by molar-refractivity contribution is -0.139. The van der Waals surface area contributed by atoms with Crippen LogP contribution in [-0.2, 0) is 4.79 Å². The predicted octanol–water partition coefficient (Wildman–Crippen LogP) is 0.735. The molecular weight excluding hydrogens is 216 g/mol. The van der Waals surface area contributed by atoms with Crippen molar-refractivity contribution in [2.45, 2.75) is 45.1 Å². The number of β-amino-alcohol motifs (C(OH)–C–C–N with tert-alkyl or cyclic N) is 1. The molecule has 3 N–H and O–H groups in total. The largest absolute Gasteiger partial charge is 0.391 e. The molecule has 0 radical (unpaired) electrons. The Hall–Kier alpha value is -0.610. The highest BCUT2D eigenvalue weighted by Crippen LogP contribution is 2.43. The zero-order valence-electron chi connectivity index (χ0n) is 10.7. The fraction of sp³-hybridized carbons (Fsp3) is 0.923. The molecule has 1 aliphatic heterocycles. The van der Waals surface area contributed by atoms with Crippen molar-refractivity contribution in [2.75, 3.05) is 19.6 Å². The van der Waals surface area contributed by atoms with Crippen molar-refractivity contribution >= 4 is 5.91 Å². The molecule has 98 valence electrons. The standard InChI is InChI=1S/C13H24N2O2/c1-10-3-6-15(8-11(10)16)12(17)7-13(9-14)4-2-5-13/h10-11,16H,2-9,14H2,1H3. The molecule has 0 aromatic rings. The Labute approximate surface area is 103 Å². The van der Waals surface area contributed by atoms with Gasteiger partial charge >= 0.3 is 0 Å². The van der Waals surface area contributed by atoms with Gasteiger partial charge in [-0.15, -0.1) is 0 Å². The summed E-state index contributed by atoms with van der Waals surface area (Å²) in [6.07, 6.45) is 4.49. The molecule has 0 spiro atoms. The van der Waals surface area contributed by atoms with E-state index in [2.05, 4.69) is 0 Å². The minimum Gasteiger partial charge on any atom is -0.391 e. The highest BCUT2D eigenvalue weighted by Gasteiger charge is 2.39. The highest BCUT2D eigenvalue weighted by molar-refractivity contribution is 5.77. The molecule has 4 nitrogen and oxygen atoms in total. The van der Waals surface area contributed by atoms with Crippen molar-refractivity contribution in [3.63, 3.8) is 0 Å². The maximum Gasteiger partial charge on any atom is 0.223 e. The van der Waals surface area contributed by atoms with Gasteiger partial charge in [0, 0.05) is 19.5 Å². The Bertz CT molecular complexity index is 284. The van der Waals surface area contributed by atoms with Crippen molar-refractivity contribution in [1.29, 1.82) is 0 Å². The second kappa shape index (κ2) is 4.94. The van der Waals surface area contributed by atoms with Crippen molar-refractivity contribution in [2.24, 2.45) is 17.1 Å². The molecule has 0 aromatic heterocycles. The first-order valence-electron chi connectivity index (χ1n) is 6.72. The minimum atomic E-state index is -0.358. The van der Waals surface area contributed by atoms with Crippen molar-refractivity contribution < 1.29 is 9.90 Å². The number of rotatable bonds is 3. The van der Waals surface area contributed by atoms with E-state index in [4.69, 9.17) is 5.73 Å². The van der Waals surface area contributed by atoms with Gasteiger partial charge in [-0.05, 0) is 37.1 Å². The van der Waals surface area contributed by atoms with E-state index in [9.17, 15) is 9.90 Å². The summed E-state index contributed by atoms with van der Waals surface area (Å²) in [5.74, 6) is 0.493. The number of aliphatic hydroxyl groups is 1. The van der Waals surface area contributed by atoms with Gasteiger partial charge in [0.1, 0.15) is 0 Å². The first kappa shape index (κ1) is 12.8. The summed E-state index contributed by atoms with van der Waals surface area (Å²) >= 11 is 0. The third-order valence-electron chi connectivity index (χ3n) is 4.64. The zero-order valence-corrected chi connectivity index (χ0v) is 10.7. The highest BCUT2D eigenvalue weighted by atomic mass is 16.3. The maximum atomic E-state index is 12.2. The number of aliphatic hydroxyl groups excluding tert-OH is 1. The lowest BCUT2D eigenvalue weighted by atomic mass is 9.66. The van der Waals surface area contributed by atoms with Crippen LogP contribution in [0.2, 0.25) is 0 Å². The number of carbonyl (C=O) groups excluding carboxylic acids is 1. The molecule has 2 aliphatic rings. The van der Waals surface area contributed by atoms with E-state index < -0.39 is 0 Å². The number of likely N-dealkylation sites (tertiary alicyclic amines) is 1. The molecule has 1 heterocycles. The second-order valence-corrected chi connectivity index (χ2v) is 5.91. The van der Waals surface area contributed by atoms with Crippen LogP contribution in [0.4, 0.5) is 0 Å². The minimum absolute atomic E-state index is 0.0745. The summed E-state index contributed by atoms with van der Waals surface area (Å²) in [5.41, 5.74) is 5.85. The molecule has 4 heteroatoms. The van der Waals surface area contributed by atoms with E-state index in [1.165, 1.54) is 6.42 Å². The number of nitrogens with zero attached hydrogens (tertiary/aromatic N) is 1. The van der Waals surface area contributed by atoms with E-state index in [0.29, 0.717) is 25.4 Å². The normalized spacial score (nSPS) is 32.1. The number of amides is 1. The topological polar surface area (TPSA) is 66.6 Å². The van der Waals surface area contributed by atoms with E-state index in [1.54, 1.807) is 0 Å². The quantitative estimate of drug-likeness (QED) is 0.764. The van der Waals surface area contributed by atoms with Gasteiger partial charge in [-0.1, -0.05) is 13.3 Å². The molecule has 2 atom stereocenters. The van der Waals surface area contributed by atoms with Crippen LogP contribution in [0.5, 0.6) is 0 Å². The monoisotopic (exact) mass is 240 g/mol. The Morgan fingerprint density at radius 2 is 2.24 bits per heavy atom. The van der Waals surface area contributed by atoms with E-state index in [0.717, 1.165) is 25.8 Å². The maximum absolute atomic E-state index is 12.2. The van der Waals surface area contributed by atoms with Crippen LogP contribution in [0.1, 0.15) is 39.0 Å². The molecule has 1 saturated carbocycles. The number of piperidine rings is 1. The summed E-state index contributed by atoms with van der Waals surface area (Å²) in [4.78, 5) is 14.0. The van der Waals surface area contributed by atoms with Gasteiger partial charge in [0.15, 0.2) is 0 Å². The van der Waals surface area contributed by atoms with Gasteiger partial charge in [-0.3, -0.25) is 4.79 Å². The number of carbonyl (C=O) groups is 1. The molecule has 1 aliphatic carbocycles. The lowest BCUT2D eigenvalue weighted by Gasteiger charge is -2.43. The summed E-state index contributed by atoms with van der Waals surface area (Å²) < 4.78 is 0. The van der Waals surface area contributed by atoms with Crippen molar-refractivity contribution in [3.8, 4) is 0 Å². The summed E-state index contributed by atoms with van der Waals surface area (Å²) in [5, 5.41) is 9.81. The van der Waals surface area contributed by atoms with Crippen molar-refractivity contribution in [1.82, 2.24) is 4.90 Å². The molecular formula is C13H24N2O2. The van der Waals surface area contributed by atoms with Gasteiger partial charge < -0.3 is 15.7 Å². The number of hydrogen-bond donors (Lipinski definition) is 2. The summed E-state index contributed by atoms with van der Waals surface area (Å²) in [6.45, 7) is 3.95. The smallest absolute Gasteiger partial charge is 0.223 e. The summed E-state index contributed by atoms with van der Waals surface area (Å²) in [7, 11) is 0. The Morgan fingerprint density at radius 1 is 1.53 bits per heavy atom. The summed E-state index contributed by atoms with van der Waals surface area (Å²) in [6, 6.07) is 0. The first-order chi connectivity index (χ1) is 8.06. The van der Waals surface area contributed by atoms with Crippen LogP contribution >= 0.6 is 0 Å². The number of hydrogen-bond acceptors (Lipinski definition) is 3. The molecule has 1 amide bonds. The SMILES string of the molecule is CC1CCN(C(=O)CC2(CN)CCC2)CC1O. The predicted molar refractivity (Wildman–Crippen MR) is 66.3 cm³/mol. The van der Waals surface area contributed by atoms with Gasteiger partial charge in [0.25, 0.3) is 0 Å². The molecule has 17 heavy (non-hydrogen) atoms. The molecule has 0 aromatic carbocycles. The fourth-order valence-corrected chi connectivity index (χ4v) is 2.84. The molecule has 0 bridgehead atoms. The Balaban J connectivity index is 1.88. The van der Waals surface area contributed by atoms with Crippen LogP contribution in [0, 0.1) is 11.3 Å². The average Bonchev–Trinajstić information content (AvgIpc) is 2.27. The molecule has 2 unspecified atom stereocenters. The second-order valence-electron chi connectivity index (χ2n) is 5.91. The molecule has 2 fully saturated rings. The van der Waals surface area contributed by atoms with Crippen molar-refractivity contribution in [3.05, 3.63) is 0 Å². The Kier molecular flexibility index (Phi) is 3.73. The fourth-order valence-electron chi connectivity index (χ4n) is 2.84. The van der Waals surface area contributed by atoms with Crippen LogP contribution in [0.15, 0.2) is 0 Å².